The lowest BCUT2D eigenvalue weighted by molar-refractivity contribution is 0.567. The molecule has 1 fully saturated rings. The van der Waals surface area contributed by atoms with Crippen LogP contribution in [0.5, 0.6) is 0 Å². The van der Waals surface area contributed by atoms with E-state index in [0.29, 0.717) is 12.0 Å². The maximum atomic E-state index is 3.66. The Morgan fingerprint density at radius 3 is 2.45 bits per heavy atom. The Bertz CT molecular complexity index is 433. The maximum absolute atomic E-state index is 3.66. The van der Waals surface area contributed by atoms with Crippen LogP contribution in [0.4, 0.5) is 5.69 Å². The van der Waals surface area contributed by atoms with E-state index >= 15 is 0 Å². The SMILES string of the molecule is Cc1ccc(N(CC(C)C)C(C)C)c(CNC2CC2)c1. The quantitative estimate of drug-likeness (QED) is 0.804. The van der Waals surface area contributed by atoms with Crippen molar-refractivity contribution in [3.05, 3.63) is 29.3 Å². The van der Waals surface area contributed by atoms with Gasteiger partial charge in [0.1, 0.15) is 0 Å². The van der Waals surface area contributed by atoms with E-state index in [1.165, 1.54) is 29.7 Å². The molecule has 2 nitrogen and oxygen atoms in total. The predicted molar refractivity (Wildman–Crippen MR) is 88.4 cm³/mol. The molecule has 1 saturated carbocycles. The molecule has 0 aliphatic heterocycles. The van der Waals surface area contributed by atoms with Crippen molar-refractivity contribution < 1.29 is 0 Å². The molecule has 0 heterocycles. The fourth-order valence-corrected chi connectivity index (χ4v) is 2.66. The third kappa shape index (κ3) is 4.24. The summed E-state index contributed by atoms with van der Waals surface area (Å²) in [5, 5.41) is 3.66. The van der Waals surface area contributed by atoms with E-state index in [-0.39, 0.29) is 0 Å². The molecule has 1 aliphatic rings. The number of anilines is 1. The van der Waals surface area contributed by atoms with Crippen LogP contribution in [-0.4, -0.2) is 18.6 Å². The lowest BCUT2D eigenvalue weighted by Crippen LogP contribution is -2.35. The van der Waals surface area contributed by atoms with Crippen LogP contribution in [0.15, 0.2) is 18.2 Å². The molecule has 1 aromatic rings. The molecule has 1 N–H and O–H groups in total. The number of nitrogens with zero attached hydrogens (tertiary/aromatic N) is 1. The summed E-state index contributed by atoms with van der Waals surface area (Å²) < 4.78 is 0. The van der Waals surface area contributed by atoms with Gasteiger partial charge < -0.3 is 10.2 Å². The number of benzene rings is 1. The Morgan fingerprint density at radius 2 is 1.90 bits per heavy atom. The standard InChI is InChI=1S/C18H30N2/c1-13(2)12-20(14(3)4)18-9-6-15(5)10-16(18)11-19-17-7-8-17/h6,9-10,13-14,17,19H,7-8,11-12H2,1-5H3. The van der Waals surface area contributed by atoms with Crippen molar-refractivity contribution in [2.75, 3.05) is 11.4 Å². The molecule has 2 heteroatoms. The molecule has 1 aromatic carbocycles. The zero-order valence-electron chi connectivity index (χ0n) is 13.7. The van der Waals surface area contributed by atoms with E-state index in [4.69, 9.17) is 0 Å². The van der Waals surface area contributed by atoms with Gasteiger partial charge in [-0.05, 0) is 51.2 Å². The summed E-state index contributed by atoms with van der Waals surface area (Å²) in [6.45, 7) is 13.5. The summed E-state index contributed by atoms with van der Waals surface area (Å²) in [5.74, 6) is 0.683. The molecular weight excluding hydrogens is 244 g/mol. The summed E-state index contributed by atoms with van der Waals surface area (Å²) >= 11 is 0. The number of nitrogens with one attached hydrogen (secondary N) is 1. The molecule has 0 saturated heterocycles. The maximum Gasteiger partial charge on any atom is 0.0414 e. The van der Waals surface area contributed by atoms with Gasteiger partial charge in [-0.3, -0.25) is 0 Å². The smallest absolute Gasteiger partial charge is 0.0414 e. The monoisotopic (exact) mass is 274 g/mol. The second-order valence-corrected chi connectivity index (χ2v) is 6.93. The molecule has 0 aromatic heterocycles. The molecule has 2 rings (SSSR count). The number of hydrogen-bond donors (Lipinski definition) is 1. The largest absolute Gasteiger partial charge is 0.369 e. The van der Waals surface area contributed by atoms with Crippen LogP contribution in [0.25, 0.3) is 0 Å². The molecule has 0 radical (unpaired) electrons. The highest BCUT2D eigenvalue weighted by atomic mass is 15.2. The summed E-state index contributed by atoms with van der Waals surface area (Å²) in [7, 11) is 0. The Balaban J connectivity index is 2.21. The Labute approximate surface area is 124 Å². The molecule has 0 unspecified atom stereocenters. The molecular formula is C18H30N2. The third-order valence-corrected chi connectivity index (χ3v) is 3.89. The van der Waals surface area contributed by atoms with E-state index in [1.54, 1.807) is 0 Å². The van der Waals surface area contributed by atoms with E-state index in [9.17, 15) is 0 Å². The summed E-state index contributed by atoms with van der Waals surface area (Å²) in [5.41, 5.74) is 4.22. The first-order chi connectivity index (χ1) is 9.47. The lowest BCUT2D eigenvalue weighted by atomic mass is 10.1. The Morgan fingerprint density at radius 1 is 1.20 bits per heavy atom. The van der Waals surface area contributed by atoms with Crippen LogP contribution in [0.2, 0.25) is 0 Å². The van der Waals surface area contributed by atoms with Crippen LogP contribution in [-0.2, 0) is 6.54 Å². The van der Waals surface area contributed by atoms with Crippen LogP contribution < -0.4 is 10.2 Å². The van der Waals surface area contributed by atoms with E-state index in [1.807, 2.05) is 0 Å². The number of rotatable bonds is 7. The minimum absolute atomic E-state index is 0.541. The fraction of sp³-hybridized carbons (Fsp3) is 0.667. The normalized spacial score (nSPS) is 15.2. The second-order valence-electron chi connectivity index (χ2n) is 6.93. The van der Waals surface area contributed by atoms with E-state index < -0.39 is 0 Å². The first-order valence-electron chi connectivity index (χ1n) is 8.07. The van der Waals surface area contributed by atoms with Crippen molar-refractivity contribution in [2.45, 2.75) is 66.1 Å². The van der Waals surface area contributed by atoms with Crippen molar-refractivity contribution in [1.82, 2.24) is 5.32 Å². The molecule has 0 spiro atoms. The summed E-state index contributed by atoms with van der Waals surface area (Å²) in [6.07, 6.45) is 2.70. The van der Waals surface area contributed by atoms with Crippen molar-refractivity contribution >= 4 is 5.69 Å². The third-order valence-electron chi connectivity index (χ3n) is 3.89. The van der Waals surface area contributed by atoms with Gasteiger partial charge in [-0.25, -0.2) is 0 Å². The van der Waals surface area contributed by atoms with Crippen molar-refractivity contribution in [3.8, 4) is 0 Å². The minimum Gasteiger partial charge on any atom is -0.369 e. The van der Waals surface area contributed by atoms with Gasteiger partial charge in [0.25, 0.3) is 0 Å². The van der Waals surface area contributed by atoms with Gasteiger partial charge in [0.05, 0.1) is 0 Å². The van der Waals surface area contributed by atoms with Gasteiger partial charge in [-0.1, -0.05) is 31.5 Å². The molecule has 0 atom stereocenters. The fourth-order valence-electron chi connectivity index (χ4n) is 2.66. The molecule has 0 bridgehead atoms. The van der Waals surface area contributed by atoms with Crippen molar-refractivity contribution in [3.63, 3.8) is 0 Å². The Hall–Kier alpha value is -1.02. The summed E-state index contributed by atoms with van der Waals surface area (Å²) in [4.78, 5) is 2.55. The minimum atomic E-state index is 0.541. The first kappa shape index (κ1) is 15.4. The first-order valence-corrected chi connectivity index (χ1v) is 8.07. The van der Waals surface area contributed by atoms with Crippen LogP contribution in [0, 0.1) is 12.8 Å². The van der Waals surface area contributed by atoms with Gasteiger partial charge >= 0.3 is 0 Å². The van der Waals surface area contributed by atoms with Gasteiger partial charge in [0.15, 0.2) is 0 Å². The second kappa shape index (κ2) is 6.62. The average Bonchev–Trinajstić information content (AvgIpc) is 3.17. The van der Waals surface area contributed by atoms with Crippen LogP contribution >= 0.6 is 0 Å². The zero-order valence-corrected chi connectivity index (χ0v) is 13.7. The van der Waals surface area contributed by atoms with Gasteiger partial charge in [0, 0.05) is 30.9 Å². The number of hydrogen-bond acceptors (Lipinski definition) is 2. The van der Waals surface area contributed by atoms with Crippen LogP contribution in [0.3, 0.4) is 0 Å². The van der Waals surface area contributed by atoms with Crippen LogP contribution in [0.1, 0.15) is 51.7 Å². The topological polar surface area (TPSA) is 15.3 Å². The molecule has 112 valence electrons. The average molecular weight is 274 g/mol. The Kier molecular flexibility index (Phi) is 5.09. The lowest BCUT2D eigenvalue weighted by Gasteiger charge is -2.33. The summed E-state index contributed by atoms with van der Waals surface area (Å²) in [6, 6.07) is 8.20. The highest BCUT2D eigenvalue weighted by molar-refractivity contribution is 5.55. The predicted octanol–water partition coefficient (Wildman–Crippen LogP) is 4.12. The number of aryl methyl sites for hydroxylation is 1. The van der Waals surface area contributed by atoms with Crippen molar-refractivity contribution in [1.29, 1.82) is 0 Å². The highest BCUT2D eigenvalue weighted by Crippen LogP contribution is 2.27. The van der Waals surface area contributed by atoms with Gasteiger partial charge in [0.2, 0.25) is 0 Å². The van der Waals surface area contributed by atoms with Gasteiger partial charge in [-0.2, -0.15) is 0 Å². The molecule has 20 heavy (non-hydrogen) atoms. The van der Waals surface area contributed by atoms with Crippen molar-refractivity contribution in [2.24, 2.45) is 5.92 Å². The molecule has 0 amide bonds. The van der Waals surface area contributed by atoms with E-state index in [0.717, 1.165) is 19.1 Å². The zero-order chi connectivity index (χ0) is 14.7. The van der Waals surface area contributed by atoms with Gasteiger partial charge in [-0.15, -0.1) is 0 Å². The molecule has 1 aliphatic carbocycles. The highest BCUT2D eigenvalue weighted by Gasteiger charge is 2.21. The van der Waals surface area contributed by atoms with E-state index in [2.05, 4.69) is 63.0 Å².